The van der Waals surface area contributed by atoms with Crippen molar-refractivity contribution >= 4 is 21.6 Å². The number of hydrogen-bond donors (Lipinski definition) is 0. The molecule has 0 saturated heterocycles. The maximum atomic E-state index is 4.65. The summed E-state index contributed by atoms with van der Waals surface area (Å²) in [6, 6.07) is 8.58. The predicted molar refractivity (Wildman–Crippen MR) is 88.3 cm³/mol. The van der Waals surface area contributed by atoms with E-state index in [2.05, 4.69) is 82.7 Å². The number of halogens is 1. The second-order valence-corrected chi connectivity index (χ2v) is 5.86. The van der Waals surface area contributed by atoms with E-state index < -0.39 is 0 Å². The van der Waals surface area contributed by atoms with Gasteiger partial charge in [0.15, 0.2) is 0 Å². The van der Waals surface area contributed by atoms with Crippen molar-refractivity contribution in [3.63, 3.8) is 0 Å². The summed E-state index contributed by atoms with van der Waals surface area (Å²) in [4.78, 5) is 2.26. The molecule has 1 aromatic carbocycles. The third-order valence-corrected chi connectivity index (χ3v) is 4.44. The zero-order chi connectivity index (χ0) is 14.7. The molecule has 1 heterocycles. The third-order valence-electron chi connectivity index (χ3n) is 3.52. The van der Waals surface area contributed by atoms with E-state index >= 15 is 0 Å². The van der Waals surface area contributed by atoms with Gasteiger partial charge in [-0.05, 0) is 53.9 Å². The van der Waals surface area contributed by atoms with Gasteiger partial charge in [0, 0.05) is 19.3 Å². The molecule has 0 unspecified atom stereocenters. The van der Waals surface area contributed by atoms with Crippen LogP contribution in [0.4, 0.5) is 5.69 Å². The van der Waals surface area contributed by atoms with Crippen LogP contribution in [0.2, 0.25) is 0 Å². The van der Waals surface area contributed by atoms with Gasteiger partial charge in [0.1, 0.15) is 0 Å². The van der Waals surface area contributed by atoms with Crippen molar-refractivity contribution in [1.29, 1.82) is 0 Å². The summed E-state index contributed by atoms with van der Waals surface area (Å²) in [6.45, 7) is 8.15. The van der Waals surface area contributed by atoms with Crippen molar-refractivity contribution in [1.82, 2.24) is 9.78 Å². The lowest BCUT2D eigenvalue weighted by Crippen LogP contribution is -2.19. The van der Waals surface area contributed by atoms with E-state index in [-0.39, 0.29) is 0 Å². The lowest BCUT2D eigenvalue weighted by Gasteiger charge is -2.20. The van der Waals surface area contributed by atoms with Gasteiger partial charge in [-0.3, -0.25) is 4.68 Å². The van der Waals surface area contributed by atoms with Crippen LogP contribution in [0.1, 0.15) is 30.8 Å². The fraction of sp³-hybridized carbons (Fsp3) is 0.438. The van der Waals surface area contributed by atoms with E-state index in [1.165, 1.54) is 16.9 Å². The van der Waals surface area contributed by atoms with Gasteiger partial charge in [-0.1, -0.05) is 19.1 Å². The summed E-state index contributed by atoms with van der Waals surface area (Å²) in [5.41, 5.74) is 4.90. The molecule has 2 aromatic rings. The highest BCUT2D eigenvalue weighted by atomic mass is 79.9. The fourth-order valence-corrected chi connectivity index (χ4v) is 3.04. The van der Waals surface area contributed by atoms with Crippen LogP contribution in [0.15, 0.2) is 28.7 Å². The van der Waals surface area contributed by atoms with Gasteiger partial charge >= 0.3 is 0 Å². The lowest BCUT2D eigenvalue weighted by atomic mass is 10.2. The van der Waals surface area contributed by atoms with E-state index in [0.29, 0.717) is 0 Å². The van der Waals surface area contributed by atoms with E-state index in [9.17, 15) is 0 Å². The summed E-state index contributed by atoms with van der Waals surface area (Å²) in [6.07, 6.45) is 0.953. The van der Waals surface area contributed by atoms with Crippen molar-refractivity contribution < 1.29 is 0 Å². The van der Waals surface area contributed by atoms with Crippen molar-refractivity contribution in [3.05, 3.63) is 45.7 Å². The van der Waals surface area contributed by atoms with Gasteiger partial charge in [0.05, 0.1) is 22.4 Å². The molecule has 1 aromatic heterocycles. The molecule has 0 aliphatic carbocycles. The fourth-order valence-electron chi connectivity index (χ4n) is 2.35. The average molecular weight is 336 g/mol. The number of anilines is 1. The molecule has 3 nitrogen and oxygen atoms in total. The number of aryl methyl sites for hydroxylation is 3. The molecule has 0 radical (unpaired) electrons. The maximum absolute atomic E-state index is 4.65. The van der Waals surface area contributed by atoms with Crippen LogP contribution in [-0.4, -0.2) is 16.8 Å². The molecule has 0 aliphatic heterocycles. The van der Waals surface area contributed by atoms with Crippen molar-refractivity contribution in [2.24, 2.45) is 0 Å². The number of benzene rings is 1. The first-order valence-electron chi connectivity index (χ1n) is 7.08. The van der Waals surface area contributed by atoms with Gasteiger partial charge in [0.25, 0.3) is 0 Å². The van der Waals surface area contributed by atoms with Crippen molar-refractivity contribution in [2.75, 3.05) is 11.9 Å². The summed E-state index contributed by atoms with van der Waals surface area (Å²) in [5.74, 6) is 0. The summed E-state index contributed by atoms with van der Waals surface area (Å²) >= 11 is 3.71. The monoisotopic (exact) mass is 335 g/mol. The zero-order valence-electron chi connectivity index (χ0n) is 12.7. The van der Waals surface area contributed by atoms with Crippen molar-refractivity contribution in [3.8, 4) is 0 Å². The summed E-state index contributed by atoms with van der Waals surface area (Å²) in [5, 5.41) is 4.65. The smallest absolute Gasteiger partial charge is 0.0767 e. The highest BCUT2D eigenvalue weighted by Crippen LogP contribution is 2.25. The Labute approximate surface area is 129 Å². The van der Waals surface area contributed by atoms with E-state index in [1.54, 1.807) is 0 Å². The van der Waals surface area contributed by atoms with Gasteiger partial charge in [-0.15, -0.1) is 0 Å². The van der Waals surface area contributed by atoms with Crippen LogP contribution in [0.3, 0.4) is 0 Å². The molecule has 0 aliphatic rings. The first-order valence-corrected chi connectivity index (χ1v) is 7.88. The molecule has 0 spiro atoms. The van der Waals surface area contributed by atoms with E-state index in [4.69, 9.17) is 0 Å². The van der Waals surface area contributed by atoms with Gasteiger partial charge in [0.2, 0.25) is 0 Å². The van der Waals surface area contributed by atoms with Crippen LogP contribution >= 0.6 is 15.9 Å². The average Bonchev–Trinajstić information content (AvgIpc) is 2.75. The number of nitrogens with zero attached hydrogens (tertiary/aromatic N) is 3. The Balaban J connectivity index is 2.27. The molecule has 2 rings (SSSR count). The zero-order valence-corrected chi connectivity index (χ0v) is 14.2. The minimum Gasteiger partial charge on any atom is -0.369 e. The first-order chi connectivity index (χ1) is 9.56. The molecular formula is C16H22BrN3. The lowest BCUT2D eigenvalue weighted by molar-refractivity contribution is 0.609. The Hall–Kier alpha value is -1.29. The standard InChI is InChI=1S/C16H22BrN3/c1-5-14-16(17)15(20(6-2)18-14)11-19(4)13-9-7-8-12(3)10-13/h7-10H,5-6,11H2,1-4H3. The Kier molecular flexibility index (Phi) is 4.86. The Morgan fingerprint density at radius 2 is 2.05 bits per heavy atom. The van der Waals surface area contributed by atoms with Crippen LogP contribution in [0, 0.1) is 6.92 Å². The molecule has 4 heteroatoms. The van der Waals surface area contributed by atoms with Gasteiger partial charge in [-0.25, -0.2) is 0 Å². The second-order valence-electron chi connectivity index (χ2n) is 5.07. The minimum atomic E-state index is 0.852. The van der Waals surface area contributed by atoms with Crippen LogP contribution in [0.25, 0.3) is 0 Å². The van der Waals surface area contributed by atoms with E-state index in [1.807, 2.05) is 0 Å². The molecule has 0 bridgehead atoms. The van der Waals surface area contributed by atoms with Crippen LogP contribution in [0.5, 0.6) is 0 Å². The number of hydrogen-bond acceptors (Lipinski definition) is 2. The van der Waals surface area contributed by atoms with Crippen molar-refractivity contribution in [2.45, 2.75) is 40.3 Å². The molecule has 0 saturated carbocycles. The third kappa shape index (κ3) is 3.06. The molecule has 0 atom stereocenters. The highest BCUT2D eigenvalue weighted by Gasteiger charge is 2.15. The quantitative estimate of drug-likeness (QED) is 0.817. The SMILES string of the molecule is CCc1nn(CC)c(CN(C)c2cccc(C)c2)c1Br. The van der Waals surface area contributed by atoms with Crippen LogP contribution in [-0.2, 0) is 19.5 Å². The first kappa shape index (κ1) is 15.1. The predicted octanol–water partition coefficient (Wildman–Crippen LogP) is 4.17. The second kappa shape index (κ2) is 6.44. The minimum absolute atomic E-state index is 0.852. The highest BCUT2D eigenvalue weighted by molar-refractivity contribution is 9.10. The Bertz CT molecular complexity index is 589. The molecule has 0 N–H and O–H groups in total. The van der Waals surface area contributed by atoms with Crippen LogP contribution < -0.4 is 4.90 Å². The molecule has 108 valence electrons. The topological polar surface area (TPSA) is 21.1 Å². The Morgan fingerprint density at radius 1 is 1.30 bits per heavy atom. The summed E-state index contributed by atoms with van der Waals surface area (Å²) < 4.78 is 3.25. The molecule has 0 fully saturated rings. The van der Waals surface area contributed by atoms with Gasteiger partial charge in [-0.2, -0.15) is 5.10 Å². The number of rotatable bonds is 5. The maximum Gasteiger partial charge on any atom is 0.0767 e. The molecule has 0 amide bonds. The summed E-state index contributed by atoms with van der Waals surface area (Å²) in [7, 11) is 2.12. The number of aromatic nitrogens is 2. The normalized spacial score (nSPS) is 10.8. The van der Waals surface area contributed by atoms with E-state index in [0.717, 1.165) is 29.7 Å². The molecule has 20 heavy (non-hydrogen) atoms. The largest absolute Gasteiger partial charge is 0.369 e. The molecular weight excluding hydrogens is 314 g/mol. The van der Waals surface area contributed by atoms with Gasteiger partial charge < -0.3 is 4.90 Å². The Morgan fingerprint density at radius 3 is 2.65 bits per heavy atom.